The van der Waals surface area contributed by atoms with Crippen molar-refractivity contribution in [3.8, 4) is 0 Å². The van der Waals surface area contributed by atoms with Crippen LogP contribution in [0.15, 0.2) is 9.52 Å². The lowest BCUT2D eigenvalue weighted by atomic mass is 9.67. The van der Waals surface area contributed by atoms with Crippen LogP contribution in [-0.2, 0) is 6.42 Å². The van der Waals surface area contributed by atoms with Crippen molar-refractivity contribution in [3.63, 3.8) is 0 Å². The molecule has 22 heavy (non-hydrogen) atoms. The first-order valence-corrected chi connectivity index (χ1v) is 8.46. The molecule has 1 fully saturated rings. The van der Waals surface area contributed by atoms with Crippen LogP contribution in [0.1, 0.15) is 56.0 Å². The Labute approximate surface area is 133 Å². The molecular formula is C17H30N4O. The van der Waals surface area contributed by atoms with Gasteiger partial charge in [-0.15, -0.1) is 0 Å². The second-order valence-corrected chi connectivity index (χ2v) is 6.47. The molecule has 0 amide bonds. The highest BCUT2D eigenvalue weighted by molar-refractivity contribution is 5.79. The van der Waals surface area contributed by atoms with Crippen molar-refractivity contribution in [2.24, 2.45) is 10.4 Å². The Morgan fingerprint density at radius 3 is 2.59 bits per heavy atom. The third-order valence-electron chi connectivity index (χ3n) is 5.10. The number of hydrogen-bond acceptors (Lipinski definition) is 3. The van der Waals surface area contributed by atoms with Crippen LogP contribution in [0.4, 0.5) is 0 Å². The number of aliphatic imine (C=N–C) groups is 1. The maximum atomic E-state index is 5.20. The number of nitrogens with one attached hydrogen (secondary N) is 2. The minimum Gasteiger partial charge on any atom is -0.361 e. The normalized spacial score (nSPS) is 17.2. The van der Waals surface area contributed by atoms with E-state index in [2.05, 4.69) is 27.7 Å². The van der Waals surface area contributed by atoms with E-state index in [0.29, 0.717) is 5.41 Å². The highest BCUT2D eigenvalue weighted by Gasteiger charge is 2.34. The molecule has 124 valence electrons. The van der Waals surface area contributed by atoms with E-state index in [1.807, 2.05) is 20.9 Å². The molecule has 0 aromatic carbocycles. The van der Waals surface area contributed by atoms with Gasteiger partial charge in [-0.05, 0) is 51.4 Å². The molecule has 1 aliphatic carbocycles. The lowest BCUT2D eigenvalue weighted by Crippen LogP contribution is -2.46. The molecule has 0 aliphatic heterocycles. The molecule has 0 radical (unpaired) electrons. The predicted octanol–water partition coefficient (Wildman–Crippen LogP) is 2.97. The molecule has 0 atom stereocenters. The van der Waals surface area contributed by atoms with Crippen molar-refractivity contribution in [1.82, 2.24) is 15.8 Å². The molecule has 2 N–H and O–H groups in total. The van der Waals surface area contributed by atoms with Gasteiger partial charge in [0.25, 0.3) is 0 Å². The highest BCUT2D eigenvalue weighted by Crippen LogP contribution is 2.42. The van der Waals surface area contributed by atoms with E-state index in [4.69, 9.17) is 4.52 Å². The molecule has 0 bridgehead atoms. The Bertz CT molecular complexity index is 478. The second-order valence-electron chi connectivity index (χ2n) is 6.47. The van der Waals surface area contributed by atoms with Crippen molar-refractivity contribution in [2.75, 3.05) is 20.1 Å². The summed E-state index contributed by atoms with van der Waals surface area (Å²) >= 11 is 0. The monoisotopic (exact) mass is 306 g/mol. The summed E-state index contributed by atoms with van der Waals surface area (Å²) in [5.74, 6) is 1.85. The van der Waals surface area contributed by atoms with E-state index in [-0.39, 0.29) is 0 Å². The summed E-state index contributed by atoms with van der Waals surface area (Å²) in [6, 6.07) is 0. The number of rotatable bonds is 7. The fourth-order valence-electron chi connectivity index (χ4n) is 3.15. The van der Waals surface area contributed by atoms with E-state index >= 15 is 0 Å². The Hall–Kier alpha value is -1.52. The summed E-state index contributed by atoms with van der Waals surface area (Å²) in [4.78, 5) is 4.32. The zero-order valence-corrected chi connectivity index (χ0v) is 14.5. The van der Waals surface area contributed by atoms with E-state index in [1.54, 1.807) is 0 Å². The molecular weight excluding hydrogens is 276 g/mol. The van der Waals surface area contributed by atoms with E-state index < -0.39 is 0 Å². The summed E-state index contributed by atoms with van der Waals surface area (Å²) in [6.45, 7) is 8.21. The smallest absolute Gasteiger partial charge is 0.190 e. The second kappa shape index (κ2) is 7.65. The van der Waals surface area contributed by atoms with Gasteiger partial charge in [-0.25, -0.2) is 0 Å². The number of aromatic nitrogens is 1. The van der Waals surface area contributed by atoms with Crippen molar-refractivity contribution in [3.05, 3.63) is 17.0 Å². The highest BCUT2D eigenvalue weighted by atomic mass is 16.5. The molecule has 2 rings (SSSR count). The molecule has 1 saturated carbocycles. The van der Waals surface area contributed by atoms with Crippen molar-refractivity contribution >= 4 is 5.96 Å². The van der Waals surface area contributed by atoms with Crippen LogP contribution in [0.3, 0.4) is 0 Å². The molecule has 5 nitrogen and oxygen atoms in total. The standard InChI is InChI=1S/C17H30N4O/c1-5-17(9-7-10-17)12-20-16(18-4)19-11-6-8-15-13(2)21-22-14(15)3/h5-12H2,1-4H3,(H2,18,19,20). The number of aryl methyl sites for hydroxylation is 2. The first kappa shape index (κ1) is 16.8. The van der Waals surface area contributed by atoms with Gasteiger partial charge < -0.3 is 15.2 Å². The minimum atomic E-state index is 0.508. The van der Waals surface area contributed by atoms with Gasteiger partial charge in [0, 0.05) is 25.7 Å². The minimum absolute atomic E-state index is 0.508. The largest absolute Gasteiger partial charge is 0.361 e. The molecule has 5 heteroatoms. The van der Waals surface area contributed by atoms with Crippen LogP contribution in [-0.4, -0.2) is 31.3 Å². The summed E-state index contributed by atoms with van der Waals surface area (Å²) in [5, 5.41) is 10.9. The SMILES string of the molecule is CCC1(CNC(=NC)NCCCc2c(C)noc2C)CCC1. The van der Waals surface area contributed by atoms with Gasteiger partial charge in [0.2, 0.25) is 0 Å². The Morgan fingerprint density at radius 2 is 2.09 bits per heavy atom. The first-order valence-electron chi connectivity index (χ1n) is 8.46. The van der Waals surface area contributed by atoms with Gasteiger partial charge in [-0.1, -0.05) is 18.5 Å². The summed E-state index contributed by atoms with van der Waals surface area (Å²) in [5.41, 5.74) is 2.76. The number of guanidine groups is 1. The Balaban J connectivity index is 1.68. The topological polar surface area (TPSA) is 62.5 Å². The van der Waals surface area contributed by atoms with Crippen molar-refractivity contribution in [1.29, 1.82) is 0 Å². The fourth-order valence-corrected chi connectivity index (χ4v) is 3.15. The van der Waals surface area contributed by atoms with Crippen LogP contribution in [0.5, 0.6) is 0 Å². The molecule has 1 aliphatic rings. The lowest BCUT2D eigenvalue weighted by Gasteiger charge is -2.41. The molecule has 1 aromatic rings. The van der Waals surface area contributed by atoms with Gasteiger partial charge in [0.05, 0.1) is 5.69 Å². The van der Waals surface area contributed by atoms with Gasteiger partial charge in [-0.2, -0.15) is 0 Å². The lowest BCUT2D eigenvalue weighted by molar-refractivity contribution is 0.131. The Morgan fingerprint density at radius 1 is 1.32 bits per heavy atom. The van der Waals surface area contributed by atoms with E-state index in [9.17, 15) is 0 Å². The fraction of sp³-hybridized carbons (Fsp3) is 0.765. The van der Waals surface area contributed by atoms with Crippen molar-refractivity contribution < 1.29 is 4.52 Å². The van der Waals surface area contributed by atoms with Crippen LogP contribution in [0.2, 0.25) is 0 Å². The summed E-state index contributed by atoms with van der Waals surface area (Å²) in [7, 11) is 1.84. The third kappa shape index (κ3) is 4.02. The third-order valence-corrected chi connectivity index (χ3v) is 5.10. The maximum Gasteiger partial charge on any atom is 0.190 e. The van der Waals surface area contributed by atoms with Crippen LogP contribution < -0.4 is 10.6 Å². The van der Waals surface area contributed by atoms with Crippen LogP contribution in [0, 0.1) is 19.3 Å². The molecule has 0 saturated heterocycles. The van der Waals surface area contributed by atoms with Gasteiger partial charge >= 0.3 is 0 Å². The molecule has 1 heterocycles. The van der Waals surface area contributed by atoms with Gasteiger partial charge in [0.15, 0.2) is 5.96 Å². The van der Waals surface area contributed by atoms with Crippen LogP contribution in [0.25, 0.3) is 0 Å². The zero-order chi connectivity index (χ0) is 16.0. The summed E-state index contributed by atoms with van der Waals surface area (Å²) < 4.78 is 5.20. The quantitative estimate of drug-likeness (QED) is 0.462. The average Bonchev–Trinajstić information content (AvgIpc) is 2.80. The molecule has 1 aromatic heterocycles. The first-order chi connectivity index (χ1) is 10.6. The maximum absolute atomic E-state index is 5.20. The van der Waals surface area contributed by atoms with Crippen LogP contribution >= 0.6 is 0 Å². The Kier molecular flexibility index (Phi) is 5.86. The number of nitrogens with zero attached hydrogens (tertiary/aromatic N) is 2. The van der Waals surface area contributed by atoms with E-state index in [1.165, 1.54) is 31.2 Å². The van der Waals surface area contributed by atoms with E-state index in [0.717, 1.165) is 43.3 Å². The zero-order valence-electron chi connectivity index (χ0n) is 14.5. The van der Waals surface area contributed by atoms with Crippen molar-refractivity contribution in [2.45, 2.75) is 59.3 Å². The molecule has 0 unspecified atom stereocenters. The summed E-state index contributed by atoms with van der Waals surface area (Å²) in [6.07, 6.45) is 7.35. The molecule has 0 spiro atoms. The average molecular weight is 306 g/mol. The van der Waals surface area contributed by atoms with Gasteiger partial charge in [-0.3, -0.25) is 4.99 Å². The number of hydrogen-bond donors (Lipinski definition) is 2. The predicted molar refractivity (Wildman–Crippen MR) is 90.2 cm³/mol. The van der Waals surface area contributed by atoms with Gasteiger partial charge in [0.1, 0.15) is 5.76 Å².